The number of fused-ring (bicyclic) bond motifs is 1. The van der Waals surface area contributed by atoms with E-state index >= 15 is 0 Å². The Balaban J connectivity index is 2.58. The highest BCUT2D eigenvalue weighted by molar-refractivity contribution is 6.42. The number of nitrogens with zero attached hydrogens (tertiary/aromatic N) is 1. The molecule has 1 aliphatic heterocycles. The summed E-state index contributed by atoms with van der Waals surface area (Å²) in [4.78, 5) is 3.50. The Hall–Kier alpha value is -0.740. The van der Waals surface area contributed by atoms with E-state index in [1.165, 1.54) is 12.1 Å². The van der Waals surface area contributed by atoms with Crippen LogP contribution in [0.15, 0.2) is 17.1 Å². The molecule has 1 heterocycles. The van der Waals surface area contributed by atoms with E-state index in [9.17, 15) is 13.2 Å². The van der Waals surface area contributed by atoms with Crippen LogP contribution >= 0.6 is 23.2 Å². The second kappa shape index (κ2) is 3.93. The minimum absolute atomic E-state index is 0.0353. The zero-order valence-corrected chi connectivity index (χ0v) is 9.42. The Kier molecular flexibility index (Phi) is 2.88. The van der Waals surface area contributed by atoms with Gasteiger partial charge < -0.3 is 0 Å². The first kappa shape index (κ1) is 11.7. The van der Waals surface area contributed by atoms with Gasteiger partial charge in [0.15, 0.2) is 0 Å². The van der Waals surface area contributed by atoms with Gasteiger partial charge in [0.2, 0.25) is 0 Å². The van der Waals surface area contributed by atoms with Crippen LogP contribution in [0.4, 0.5) is 13.2 Å². The molecule has 16 heavy (non-hydrogen) atoms. The number of benzene rings is 1. The second-order valence-corrected chi connectivity index (χ2v) is 4.22. The van der Waals surface area contributed by atoms with Crippen LogP contribution in [0.1, 0.15) is 11.1 Å². The lowest BCUT2D eigenvalue weighted by Gasteiger charge is -2.19. The molecular weight excluding hydrogens is 262 g/mol. The van der Waals surface area contributed by atoms with Crippen molar-refractivity contribution in [3.8, 4) is 0 Å². The third-order valence-electron chi connectivity index (χ3n) is 2.32. The van der Waals surface area contributed by atoms with Crippen molar-refractivity contribution in [3.63, 3.8) is 0 Å². The molecule has 0 bridgehead atoms. The predicted molar refractivity (Wildman–Crippen MR) is 57.6 cm³/mol. The molecule has 0 amide bonds. The van der Waals surface area contributed by atoms with Crippen LogP contribution in [0.5, 0.6) is 0 Å². The summed E-state index contributed by atoms with van der Waals surface area (Å²) in [6, 6.07) is 2.70. The lowest BCUT2D eigenvalue weighted by atomic mass is 9.97. The predicted octanol–water partition coefficient (Wildman–Crippen LogP) is 3.90. The maximum Gasteiger partial charge on any atom is 0.433 e. The maximum absolute atomic E-state index is 12.6. The zero-order valence-electron chi connectivity index (χ0n) is 7.91. The molecule has 1 aliphatic rings. The largest absolute Gasteiger partial charge is 0.433 e. The molecule has 0 radical (unpaired) electrons. The van der Waals surface area contributed by atoms with Crippen molar-refractivity contribution in [2.24, 2.45) is 4.99 Å². The van der Waals surface area contributed by atoms with E-state index in [1.54, 1.807) is 0 Å². The fourth-order valence-corrected chi connectivity index (χ4v) is 1.98. The number of hydrogen-bond donors (Lipinski definition) is 0. The van der Waals surface area contributed by atoms with E-state index in [0.717, 1.165) is 0 Å². The number of halogens is 5. The number of aliphatic imine (C=N–C) groups is 1. The summed E-state index contributed by atoms with van der Waals surface area (Å²) in [5, 5.41) is 0.378. The van der Waals surface area contributed by atoms with Gasteiger partial charge in [-0.25, -0.2) is 0 Å². The minimum atomic E-state index is -4.45. The van der Waals surface area contributed by atoms with Crippen molar-refractivity contribution in [3.05, 3.63) is 33.3 Å². The highest BCUT2D eigenvalue weighted by Crippen LogP contribution is 2.33. The van der Waals surface area contributed by atoms with Crippen LogP contribution in [-0.2, 0) is 6.42 Å². The molecule has 0 aliphatic carbocycles. The third kappa shape index (κ3) is 2.04. The molecule has 0 N–H and O–H groups in total. The van der Waals surface area contributed by atoms with Gasteiger partial charge in [-0.15, -0.1) is 0 Å². The highest BCUT2D eigenvalue weighted by atomic mass is 35.5. The fourth-order valence-electron chi connectivity index (χ4n) is 1.63. The molecule has 6 heteroatoms. The Morgan fingerprint density at radius 1 is 1.12 bits per heavy atom. The highest BCUT2D eigenvalue weighted by Gasteiger charge is 2.39. The Labute approximate surface area is 99.9 Å². The molecule has 86 valence electrons. The number of alkyl halides is 3. The van der Waals surface area contributed by atoms with E-state index < -0.39 is 11.9 Å². The van der Waals surface area contributed by atoms with Gasteiger partial charge in [0, 0.05) is 12.1 Å². The quantitative estimate of drug-likeness (QED) is 0.676. The molecule has 1 aromatic rings. The van der Waals surface area contributed by atoms with Gasteiger partial charge in [0.25, 0.3) is 0 Å². The summed E-state index contributed by atoms with van der Waals surface area (Å²) in [5.74, 6) is 0. The van der Waals surface area contributed by atoms with Crippen molar-refractivity contribution in [1.82, 2.24) is 0 Å². The third-order valence-corrected chi connectivity index (χ3v) is 3.04. The summed E-state index contributed by atoms with van der Waals surface area (Å²) in [7, 11) is 0. The first-order valence-corrected chi connectivity index (χ1v) is 5.25. The van der Waals surface area contributed by atoms with Crippen LogP contribution < -0.4 is 0 Å². The van der Waals surface area contributed by atoms with Gasteiger partial charge in [-0.05, 0) is 24.1 Å². The van der Waals surface area contributed by atoms with Crippen LogP contribution in [0.2, 0.25) is 10.0 Å². The lowest BCUT2D eigenvalue weighted by molar-refractivity contribution is -0.0584. The van der Waals surface area contributed by atoms with Gasteiger partial charge in [0.1, 0.15) is 5.71 Å². The first-order chi connectivity index (χ1) is 7.39. The van der Waals surface area contributed by atoms with E-state index in [-0.39, 0.29) is 22.2 Å². The van der Waals surface area contributed by atoms with E-state index in [0.29, 0.717) is 12.0 Å². The summed E-state index contributed by atoms with van der Waals surface area (Å²) < 4.78 is 37.9. The molecule has 1 aromatic carbocycles. The monoisotopic (exact) mass is 267 g/mol. The SMILES string of the molecule is FC(F)(F)C1=NCCc2cc(Cl)c(Cl)cc21. The first-order valence-electron chi connectivity index (χ1n) is 4.49. The molecule has 1 nitrogen and oxygen atoms in total. The van der Waals surface area contributed by atoms with Gasteiger partial charge in [0.05, 0.1) is 10.0 Å². The summed E-state index contributed by atoms with van der Waals surface area (Å²) in [6.45, 7) is 0.125. The molecule has 0 saturated heterocycles. The van der Waals surface area contributed by atoms with Gasteiger partial charge in [-0.1, -0.05) is 23.2 Å². The summed E-state index contributed by atoms with van der Waals surface area (Å²) in [5.41, 5.74) is -0.294. The topological polar surface area (TPSA) is 12.4 Å². The molecule has 0 fully saturated rings. The van der Waals surface area contributed by atoms with Crippen molar-refractivity contribution >= 4 is 28.9 Å². The Bertz CT molecular complexity index is 466. The van der Waals surface area contributed by atoms with Crippen LogP contribution in [0.25, 0.3) is 0 Å². The molecular formula is C10H6Cl2F3N. The van der Waals surface area contributed by atoms with Gasteiger partial charge in [-0.2, -0.15) is 13.2 Å². The maximum atomic E-state index is 12.6. The van der Waals surface area contributed by atoms with E-state index in [1.807, 2.05) is 0 Å². The van der Waals surface area contributed by atoms with E-state index in [4.69, 9.17) is 23.2 Å². The lowest BCUT2D eigenvalue weighted by Crippen LogP contribution is -2.28. The minimum Gasteiger partial charge on any atom is -0.280 e. The Morgan fingerprint density at radius 2 is 1.75 bits per heavy atom. The summed E-state index contributed by atoms with van der Waals surface area (Å²) >= 11 is 11.5. The second-order valence-electron chi connectivity index (χ2n) is 3.40. The average Bonchev–Trinajstić information content (AvgIpc) is 2.17. The molecule has 0 saturated carbocycles. The van der Waals surface area contributed by atoms with Crippen LogP contribution in [-0.4, -0.2) is 18.4 Å². The van der Waals surface area contributed by atoms with Crippen LogP contribution in [0, 0.1) is 0 Å². The Morgan fingerprint density at radius 3 is 2.38 bits per heavy atom. The van der Waals surface area contributed by atoms with E-state index in [2.05, 4.69) is 4.99 Å². The average molecular weight is 268 g/mol. The van der Waals surface area contributed by atoms with Gasteiger partial charge in [-0.3, -0.25) is 4.99 Å². The van der Waals surface area contributed by atoms with Gasteiger partial charge >= 0.3 is 6.18 Å². The smallest absolute Gasteiger partial charge is 0.280 e. The molecule has 2 rings (SSSR count). The molecule has 0 spiro atoms. The molecule has 0 aromatic heterocycles. The van der Waals surface area contributed by atoms with Crippen LogP contribution in [0.3, 0.4) is 0 Å². The van der Waals surface area contributed by atoms with Crippen molar-refractivity contribution in [2.45, 2.75) is 12.6 Å². The fraction of sp³-hybridized carbons (Fsp3) is 0.300. The molecule has 0 unspecified atom stereocenters. The zero-order chi connectivity index (χ0) is 11.9. The number of hydrogen-bond acceptors (Lipinski definition) is 1. The van der Waals surface area contributed by atoms with Crippen molar-refractivity contribution in [2.75, 3.05) is 6.54 Å². The standard InChI is InChI=1S/C10H6Cl2F3N/c11-7-3-5-1-2-16-9(10(13,14)15)6(5)4-8(7)12/h3-4H,1-2H2. The van der Waals surface area contributed by atoms with Crippen molar-refractivity contribution in [1.29, 1.82) is 0 Å². The summed E-state index contributed by atoms with van der Waals surface area (Å²) in [6.07, 6.45) is -4.00. The molecule has 0 atom stereocenters. The number of rotatable bonds is 0. The normalized spacial score (nSPS) is 15.7. The van der Waals surface area contributed by atoms with Crippen molar-refractivity contribution < 1.29 is 13.2 Å².